The van der Waals surface area contributed by atoms with E-state index in [9.17, 15) is 107 Å². The second kappa shape index (κ2) is 30.6. The Balaban J connectivity index is 0.836. The maximum atomic E-state index is 15.9. The van der Waals surface area contributed by atoms with E-state index in [0.717, 1.165) is 0 Å². The first-order valence-corrected chi connectivity index (χ1v) is 36.9. The Morgan fingerprint density at radius 3 is 1.63 bits per heavy atom. The van der Waals surface area contributed by atoms with Crippen LogP contribution in [0.3, 0.4) is 0 Å². The van der Waals surface area contributed by atoms with Crippen molar-refractivity contribution in [1.29, 1.82) is 0 Å². The zero-order chi connectivity index (χ0) is 77.4. The van der Waals surface area contributed by atoms with Crippen molar-refractivity contribution in [2.24, 2.45) is 56.2 Å². The average Bonchev–Trinajstić information content (AvgIpc) is 0.706. The molecule has 0 aromatic carbocycles. The highest BCUT2D eigenvalue weighted by Crippen LogP contribution is 2.77. The number of rotatable bonds is 19. The molecule has 608 valence electrons. The highest BCUT2D eigenvalue weighted by molar-refractivity contribution is 5.80. The van der Waals surface area contributed by atoms with Gasteiger partial charge in [-0.25, -0.2) is 0 Å². The topological polar surface area (TPSA) is 571 Å². The summed E-state index contributed by atoms with van der Waals surface area (Å²) in [5.74, 6) is -3.50. The van der Waals surface area contributed by atoms with Crippen molar-refractivity contribution in [2.45, 2.75) is 296 Å². The van der Waals surface area contributed by atoms with Crippen LogP contribution in [-0.2, 0) is 71.2 Å². The van der Waals surface area contributed by atoms with Gasteiger partial charge in [0, 0.05) is 12.3 Å². The van der Waals surface area contributed by atoms with Crippen LogP contribution >= 0.6 is 0 Å². The number of allylic oxidation sites excluding steroid dienone is 1. The molecule has 4 saturated carbocycles. The van der Waals surface area contributed by atoms with Crippen molar-refractivity contribution in [2.75, 3.05) is 59.5 Å². The van der Waals surface area contributed by atoms with Gasteiger partial charge in [-0.2, -0.15) is 0 Å². The van der Waals surface area contributed by atoms with Crippen LogP contribution in [0.15, 0.2) is 11.6 Å². The number of carbonyl (C=O) groups excluding carboxylic acids is 2. The maximum absolute atomic E-state index is 15.9. The fraction of sp³-hybridized carbons (Fsp3) is 0.943. The lowest BCUT2D eigenvalue weighted by Gasteiger charge is -2.73. The molecule has 21 N–H and O–H groups in total. The molecule has 7 saturated heterocycles. The van der Waals surface area contributed by atoms with Crippen LogP contribution in [0.5, 0.6) is 0 Å². The van der Waals surface area contributed by atoms with Gasteiger partial charge in [0.05, 0.1) is 83.8 Å². The quantitative estimate of drug-likeness (QED) is 0.0422. The highest BCUT2D eigenvalue weighted by atomic mass is 16.8. The van der Waals surface area contributed by atoms with E-state index in [1.807, 2.05) is 20.8 Å². The molecule has 106 heavy (non-hydrogen) atoms. The summed E-state index contributed by atoms with van der Waals surface area (Å²) in [5.41, 5.74) is -9.68. The number of esters is 1. The second-order valence-electron chi connectivity index (χ2n) is 34.2. The predicted molar refractivity (Wildman–Crippen MR) is 350 cm³/mol. The molecule has 5 aliphatic carbocycles. The molecule has 7 heterocycles. The Morgan fingerprint density at radius 2 is 1.08 bits per heavy atom. The molecule has 1 amide bonds. The number of aliphatic hydroxyl groups excluding tert-OH is 18. The van der Waals surface area contributed by atoms with Gasteiger partial charge in [0.2, 0.25) is 12.2 Å². The van der Waals surface area contributed by atoms with E-state index < -0.39 is 305 Å². The molecular formula is C70H113NO35. The molecule has 7 aliphatic heterocycles. The molecular weight excluding hydrogens is 1410 g/mol. The fourth-order valence-electron chi connectivity index (χ4n) is 20.9. The molecule has 0 bridgehead atoms. The molecule has 0 unspecified atom stereocenters. The monoisotopic (exact) mass is 1530 g/mol. The van der Waals surface area contributed by atoms with Gasteiger partial charge in [-0.1, -0.05) is 60.1 Å². The number of hydrogen-bond acceptors (Lipinski definition) is 35. The Labute approximate surface area is 611 Å². The Morgan fingerprint density at radius 1 is 0.528 bits per heavy atom. The smallest absolute Gasteiger partial charge is 0.317 e. The zero-order valence-corrected chi connectivity index (χ0v) is 60.7. The van der Waals surface area contributed by atoms with Crippen molar-refractivity contribution in [1.82, 2.24) is 5.32 Å². The van der Waals surface area contributed by atoms with Gasteiger partial charge in [-0.15, -0.1) is 0 Å². The Bertz CT molecular complexity index is 3100. The van der Waals surface area contributed by atoms with Crippen LogP contribution in [-0.4, -0.2) is 363 Å². The molecule has 0 radical (unpaired) electrons. The minimum absolute atomic E-state index is 0.0429. The minimum atomic E-state index is -2.26. The zero-order valence-electron chi connectivity index (χ0n) is 60.7. The third-order valence-corrected chi connectivity index (χ3v) is 27.3. The van der Waals surface area contributed by atoms with Crippen LogP contribution in [0.2, 0.25) is 0 Å². The fourth-order valence-corrected chi connectivity index (χ4v) is 20.9. The van der Waals surface area contributed by atoms with E-state index in [2.05, 4.69) is 39.1 Å². The van der Waals surface area contributed by atoms with Crippen LogP contribution in [0, 0.1) is 56.2 Å². The SMILES string of the molecule is CC(=O)N[C@H]1[C@H]([C@H]2CC[C@]3(C)[C@H]4CC=C5[C@@H]6CC(C)(C)CC[C@]6(C(=O)O[C@@H]6O[C@H](CO)[C@@H](O[C@@H]7OC[C@](O)(CO)[C@H]7O)[C@H](O)[C@H]6O[C@@H]6OC[C@](O)(CO)[C@H]6O)[C@H](O)[C@H](O)[C@@]5(C)[C@]4(C)CC[C@H]3C2(C)C)O[C@H](CO[C@@H]2O[C@H](CO)[C@@H](O)[C@H](O[C@@H]3OC[C@@H](O)[C@H](O)[C@H]3O)[C@H]2O)[C@@H](O)[C@@H]1O[C@@H]1OC[C@@H](O)[C@H](O)[C@H]1O. The van der Waals surface area contributed by atoms with Crippen molar-refractivity contribution in [3.05, 3.63) is 11.6 Å². The molecule has 11 fully saturated rings. The average molecular weight is 1530 g/mol. The molecule has 36 heteroatoms. The maximum Gasteiger partial charge on any atom is 0.317 e. The Kier molecular flexibility index (Phi) is 23.9. The van der Waals surface area contributed by atoms with E-state index in [1.54, 1.807) is 0 Å². The van der Waals surface area contributed by atoms with Crippen LogP contribution in [0.1, 0.15) is 107 Å². The molecule has 0 aromatic rings. The van der Waals surface area contributed by atoms with E-state index in [0.29, 0.717) is 50.5 Å². The number of carbonyl (C=O) groups is 2. The van der Waals surface area contributed by atoms with E-state index >= 15 is 4.79 Å². The number of aliphatic hydroxyl groups is 20. The van der Waals surface area contributed by atoms with Crippen molar-refractivity contribution in [3.8, 4) is 0 Å². The van der Waals surface area contributed by atoms with Gasteiger partial charge >= 0.3 is 5.97 Å². The number of ether oxygens (including phenoxy) is 13. The standard InChI is InChI=1S/C70H113NO35/c1-27(76)71-38-47(99-35(42(82)49(38)103-56-43(83)39(79)31(77)20-94-56)22-96-58-46(86)50(41(81)33(18-72)100-58)104-57-44(84)40(80)32(78)21-95-57)29-11-13-65(6)36(64(29,4)5)12-14-66(7)37(65)10-9-28-30-17-63(2,3)15-16-70(30,53(88)52(87)67(28,66)8)62(91)106-59-51(105-61-55(90)69(93,24-75)26-98-61)45(85)48(34(19-73)101-59)102-60-54(89)68(92,23-74)25-97-60/h9,29-61,72-75,77-90,92-93H,10-26H2,1-8H3,(H,71,76)/t29-,30+,31-,32-,33-,34-,35-,36+,37-,38+,39+,40+,41-,42-,43-,44-,45+,46-,47+,48-,49-,50+,51-,52+,53-,54+,55+,56+,57+,58-,59+,60+,61+,65+,66-,67+,68-,69-,70-/m1/s1. The van der Waals surface area contributed by atoms with Gasteiger partial charge in [-0.05, 0) is 96.7 Å². The first kappa shape index (κ1) is 82.8. The van der Waals surface area contributed by atoms with Crippen LogP contribution < -0.4 is 5.32 Å². The summed E-state index contributed by atoms with van der Waals surface area (Å²) < 4.78 is 78.0. The van der Waals surface area contributed by atoms with Crippen molar-refractivity contribution in [3.63, 3.8) is 0 Å². The summed E-state index contributed by atoms with van der Waals surface area (Å²) in [6, 6.07) is -1.25. The third-order valence-electron chi connectivity index (χ3n) is 27.3. The molecule has 0 aromatic heterocycles. The number of hydrogen-bond donors (Lipinski definition) is 21. The summed E-state index contributed by atoms with van der Waals surface area (Å²) in [4.78, 5) is 29.5. The lowest BCUT2D eigenvalue weighted by molar-refractivity contribution is -0.355. The Hall–Kier alpha value is -2.60. The summed E-state index contributed by atoms with van der Waals surface area (Å²) in [5, 5.41) is 226. The lowest BCUT2D eigenvalue weighted by atomic mass is 9.32. The minimum Gasteiger partial charge on any atom is -0.432 e. The number of nitrogens with one attached hydrogen (secondary N) is 1. The molecule has 12 aliphatic rings. The molecule has 12 rings (SSSR count). The second-order valence-corrected chi connectivity index (χ2v) is 34.2. The van der Waals surface area contributed by atoms with Crippen molar-refractivity contribution < 1.29 is 173 Å². The summed E-state index contributed by atoms with van der Waals surface area (Å²) in [7, 11) is 0. The van der Waals surface area contributed by atoms with Crippen molar-refractivity contribution >= 4 is 11.9 Å². The van der Waals surface area contributed by atoms with Crippen LogP contribution in [0.4, 0.5) is 0 Å². The van der Waals surface area contributed by atoms with Gasteiger partial charge in [0.25, 0.3) is 0 Å². The van der Waals surface area contributed by atoms with Gasteiger partial charge < -0.3 is 169 Å². The largest absolute Gasteiger partial charge is 0.432 e. The summed E-state index contributed by atoms with van der Waals surface area (Å²) >= 11 is 0. The predicted octanol–water partition coefficient (Wildman–Crippen LogP) is -7.64. The lowest BCUT2D eigenvalue weighted by Crippen LogP contribution is -2.73. The number of fused-ring (bicyclic) bond motifs is 7. The first-order chi connectivity index (χ1) is 49.7. The summed E-state index contributed by atoms with van der Waals surface area (Å²) in [6.07, 6.45) is -43.9. The van der Waals surface area contributed by atoms with Gasteiger partial charge in [0.1, 0.15) is 126 Å². The normalized spacial score (nSPS) is 53.5. The van der Waals surface area contributed by atoms with E-state index in [-0.39, 0.29) is 18.3 Å². The van der Waals surface area contributed by atoms with E-state index in [1.165, 1.54) is 6.92 Å². The molecule has 36 nitrogen and oxygen atoms in total. The third kappa shape index (κ3) is 13.8. The van der Waals surface area contributed by atoms with Gasteiger partial charge in [-0.3, -0.25) is 9.59 Å². The van der Waals surface area contributed by atoms with Crippen LogP contribution in [0.25, 0.3) is 0 Å². The molecule has 39 atom stereocenters. The van der Waals surface area contributed by atoms with E-state index in [4.69, 9.17) is 61.6 Å². The first-order valence-electron chi connectivity index (χ1n) is 36.9. The highest BCUT2D eigenvalue weighted by Gasteiger charge is 2.76. The summed E-state index contributed by atoms with van der Waals surface area (Å²) in [6.45, 7) is 9.02. The number of amides is 1. The van der Waals surface area contributed by atoms with Gasteiger partial charge in [0.15, 0.2) is 37.6 Å². The molecule has 0 spiro atoms.